The first kappa shape index (κ1) is 27.9. The number of fused-ring (bicyclic) bond motifs is 2. The highest BCUT2D eigenvalue weighted by atomic mass is 19.1. The van der Waals surface area contributed by atoms with Crippen molar-refractivity contribution < 1.29 is 33.3 Å². The lowest BCUT2D eigenvalue weighted by Gasteiger charge is -2.32. The van der Waals surface area contributed by atoms with E-state index in [0.717, 1.165) is 39.8 Å². The molecule has 206 valence electrons. The molecule has 2 aromatic carbocycles. The number of benzene rings is 2. The second-order valence-electron chi connectivity index (χ2n) is 11.2. The number of amides is 1. The number of rotatable bonds is 5. The van der Waals surface area contributed by atoms with Crippen LogP contribution in [0.2, 0.25) is 0 Å². The van der Waals surface area contributed by atoms with Gasteiger partial charge in [-0.25, -0.2) is 14.0 Å². The summed E-state index contributed by atoms with van der Waals surface area (Å²) in [6, 6.07) is 1.08. The Kier molecular flexibility index (Phi) is 7.49. The van der Waals surface area contributed by atoms with E-state index in [1.165, 1.54) is 11.0 Å². The number of carbonyl (C=O) groups excluding carboxylic acids is 1. The van der Waals surface area contributed by atoms with Crippen molar-refractivity contribution in [1.82, 2.24) is 4.90 Å². The van der Waals surface area contributed by atoms with E-state index in [4.69, 9.17) is 14.2 Å². The van der Waals surface area contributed by atoms with Gasteiger partial charge in [-0.15, -0.1) is 0 Å². The Balaban J connectivity index is 2.10. The Bertz CT molecular complexity index is 1300. The second-order valence-corrected chi connectivity index (χ2v) is 11.2. The van der Waals surface area contributed by atoms with Crippen LogP contribution in [0.5, 0.6) is 5.75 Å². The van der Waals surface area contributed by atoms with Gasteiger partial charge in [0.25, 0.3) is 0 Å². The average Bonchev–Trinajstić information content (AvgIpc) is 3.20. The van der Waals surface area contributed by atoms with Crippen LogP contribution in [0.15, 0.2) is 6.07 Å². The third-order valence-corrected chi connectivity index (χ3v) is 7.63. The van der Waals surface area contributed by atoms with Crippen LogP contribution in [0.1, 0.15) is 92.1 Å². The van der Waals surface area contributed by atoms with Crippen LogP contribution < -0.4 is 4.74 Å². The zero-order valence-electron chi connectivity index (χ0n) is 23.6. The third kappa shape index (κ3) is 4.75. The summed E-state index contributed by atoms with van der Waals surface area (Å²) in [4.78, 5) is 26.9. The van der Waals surface area contributed by atoms with Crippen LogP contribution in [-0.2, 0) is 27.2 Å². The van der Waals surface area contributed by atoms with E-state index >= 15 is 4.39 Å². The average molecular weight is 528 g/mol. The molecule has 1 amide bonds. The monoisotopic (exact) mass is 527 g/mol. The Hall–Kier alpha value is -3.13. The van der Waals surface area contributed by atoms with E-state index in [1.54, 1.807) is 6.92 Å². The van der Waals surface area contributed by atoms with E-state index in [-0.39, 0.29) is 18.9 Å². The van der Waals surface area contributed by atoms with E-state index in [2.05, 4.69) is 0 Å². The number of nitrogens with zero attached hydrogens (tertiary/aromatic N) is 1. The van der Waals surface area contributed by atoms with Crippen LogP contribution in [0.25, 0.3) is 11.1 Å². The van der Waals surface area contributed by atoms with Crippen LogP contribution in [0, 0.1) is 26.6 Å². The largest absolute Gasteiger partial charge is 0.490 e. The van der Waals surface area contributed by atoms with Crippen LogP contribution in [0.3, 0.4) is 0 Å². The van der Waals surface area contributed by atoms with E-state index < -0.39 is 35.6 Å². The van der Waals surface area contributed by atoms with E-state index in [9.17, 15) is 14.7 Å². The lowest BCUT2D eigenvalue weighted by atomic mass is 9.80. The molecule has 2 aromatic rings. The SMILES string of the molecule is CCOC(=O)[C@@H](OC(C)(C)C)c1c(C)c2c(c(C)c1-c1cc(F)c3c(c1C)CCCO3)C(C)N(C(=O)O)C2. The van der Waals surface area contributed by atoms with Gasteiger partial charge >= 0.3 is 12.1 Å². The molecule has 38 heavy (non-hydrogen) atoms. The molecule has 0 fully saturated rings. The number of hydrogen-bond acceptors (Lipinski definition) is 5. The topological polar surface area (TPSA) is 85.3 Å². The van der Waals surface area contributed by atoms with Gasteiger partial charge in [0.05, 0.1) is 31.4 Å². The maximum absolute atomic E-state index is 15.5. The molecule has 1 N–H and O–H groups in total. The molecular weight excluding hydrogens is 489 g/mol. The van der Waals surface area contributed by atoms with Gasteiger partial charge in [-0.2, -0.15) is 0 Å². The second kappa shape index (κ2) is 10.2. The zero-order valence-corrected chi connectivity index (χ0v) is 23.6. The number of hydrogen-bond donors (Lipinski definition) is 1. The standard InChI is InChI=1S/C30H38FNO6/c1-9-36-28(33)27(38-30(6,7)8)25-16(3)21-14-32(29(34)35)18(5)23(21)17(4)24(25)20-13-22(31)26-19(15(20)2)11-10-12-37-26/h13,18,27H,9-12,14H2,1-8H3,(H,34,35)/t18?,27-/m0/s1. The molecule has 0 aromatic heterocycles. The Morgan fingerprint density at radius 3 is 2.47 bits per heavy atom. The van der Waals surface area contributed by atoms with Crippen molar-refractivity contribution in [2.45, 2.75) is 92.5 Å². The van der Waals surface area contributed by atoms with Crippen molar-refractivity contribution >= 4 is 12.1 Å². The quantitative estimate of drug-likeness (QED) is 0.435. The summed E-state index contributed by atoms with van der Waals surface area (Å²) in [6.45, 7) is 15.8. The predicted octanol–water partition coefficient (Wildman–Crippen LogP) is 6.72. The van der Waals surface area contributed by atoms with Crippen molar-refractivity contribution in [2.75, 3.05) is 13.2 Å². The minimum Gasteiger partial charge on any atom is -0.490 e. The number of esters is 1. The summed E-state index contributed by atoms with van der Waals surface area (Å²) in [5, 5.41) is 9.89. The summed E-state index contributed by atoms with van der Waals surface area (Å²) in [7, 11) is 0. The van der Waals surface area contributed by atoms with Gasteiger partial charge in [0.2, 0.25) is 0 Å². The van der Waals surface area contributed by atoms with Crippen molar-refractivity contribution in [3.05, 3.63) is 50.8 Å². The molecule has 2 heterocycles. The first-order valence-corrected chi connectivity index (χ1v) is 13.2. The van der Waals surface area contributed by atoms with Gasteiger partial charge in [-0.05, 0) is 113 Å². The summed E-state index contributed by atoms with van der Waals surface area (Å²) in [6.07, 6.45) is -0.628. The highest BCUT2D eigenvalue weighted by Gasteiger charge is 2.40. The molecule has 0 saturated carbocycles. The third-order valence-electron chi connectivity index (χ3n) is 7.63. The highest BCUT2D eigenvalue weighted by molar-refractivity contribution is 5.87. The number of ether oxygens (including phenoxy) is 3. The first-order valence-electron chi connectivity index (χ1n) is 13.2. The summed E-state index contributed by atoms with van der Waals surface area (Å²) in [5.74, 6) is -0.701. The normalized spacial score (nSPS) is 17.5. The first-order chi connectivity index (χ1) is 17.8. The van der Waals surface area contributed by atoms with Gasteiger partial charge in [-0.1, -0.05) is 0 Å². The minimum atomic E-state index is -1.09. The van der Waals surface area contributed by atoms with Gasteiger partial charge in [0.1, 0.15) is 0 Å². The van der Waals surface area contributed by atoms with E-state index in [1.807, 2.05) is 48.5 Å². The summed E-state index contributed by atoms with van der Waals surface area (Å²) in [5.41, 5.74) is 6.23. The van der Waals surface area contributed by atoms with Crippen molar-refractivity contribution in [3.8, 4) is 16.9 Å². The molecule has 0 saturated heterocycles. The van der Waals surface area contributed by atoms with E-state index in [0.29, 0.717) is 29.7 Å². The fourth-order valence-corrected chi connectivity index (χ4v) is 5.97. The Morgan fingerprint density at radius 1 is 1.18 bits per heavy atom. The molecule has 1 unspecified atom stereocenters. The molecule has 8 heteroatoms. The number of halogens is 1. The van der Waals surface area contributed by atoms with Crippen LogP contribution >= 0.6 is 0 Å². The molecule has 0 aliphatic carbocycles. The molecule has 2 aliphatic rings. The van der Waals surface area contributed by atoms with Crippen molar-refractivity contribution in [2.24, 2.45) is 0 Å². The number of carboxylic acid groups (broad SMARTS) is 1. The van der Waals surface area contributed by atoms with Gasteiger partial charge in [-0.3, -0.25) is 4.90 Å². The molecule has 0 bridgehead atoms. The van der Waals surface area contributed by atoms with Gasteiger partial charge in [0.15, 0.2) is 17.7 Å². The zero-order chi connectivity index (χ0) is 28.1. The minimum absolute atomic E-state index is 0.175. The number of carbonyl (C=O) groups is 2. The molecule has 7 nitrogen and oxygen atoms in total. The van der Waals surface area contributed by atoms with Gasteiger partial charge in [0, 0.05) is 11.1 Å². The Morgan fingerprint density at radius 2 is 1.87 bits per heavy atom. The molecule has 2 atom stereocenters. The maximum atomic E-state index is 15.5. The van der Waals surface area contributed by atoms with Gasteiger partial charge < -0.3 is 19.3 Å². The molecule has 2 aliphatic heterocycles. The lowest BCUT2D eigenvalue weighted by Crippen LogP contribution is -2.30. The van der Waals surface area contributed by atoms with Crippen LogP contribution in [0.4, 0.5) is 9.18 Å². The smallest absolute Gasteiger partial charge is 0.408 e. The summed E-state index contributed by atoms with van der Waals surface area (Å²) >= 11 is 0. The molecule has 0 radical (unpaired) electrons. The predicted molar refractivity (Wildman–Crippen MR) is 142 cm³/mol. The fraction of sp³-hybridized carbons (Fsp3) is 0.533. The maximum Gasteiger partial charge on any atom is 0.408 e. The summed E-state index contributed by atoms with van der Waals surface area (Å²) < 4.78 is 33.0. The molecule has 0 spiro atoms. The van der Waals surface area contributed by atoms with Crippen molar-refractivity contribution in [3.63, 3.8) is 0 Å². The lowest BCUT2D eigenvalue weighted by molar-refractivity contribution is -0.166. The fourth-order valence-electron chi connectivity index (χ4n) is 5.97. The molecule has 4 rings (SSSR count). The molecular formula is C30H38FNO6. The highest BCUT2D eigenvalue weighted by Crippen LogP contribution is 2.49. The Labute approximate surface area is 223 Å². The van der Waals surface area contributed by atoms with Crippen LogP contribution in [-0.4, -0.2) is 40.9 Å². The van der Waals surface area contributed by atoms with Crippen molar-refractivity contribution in [1.29, 1.82) is 0 Å².